The van der Waals surface area contributed by atoms with Gasteiger partial charge in [0.05, 0.1) is 5.75 Å². The minimum atomic E-state index is -3.62. The van der Waals surface area contributed by atoms with E-state index >= 15 is 0 Å². The normalized spacial score (nSPS) is 19.9. The van der Waals surface area contributed by atoms with E-state index in [1.165, 1.54) is 4.90 Å². The fraction of sp³-hybridized carbons (Fsp3) is 0.500. The lowest BCUT2D eigenvalue weighted by molar-refractivity contribution is -0.117. The summed E-state index contributed by atoms with van der Waals surface area (Å²) in [5.74, 6) is -0.688. The number of nitrogens with one attached hydrogen (secondary N) is 1. The van der Waals surface area contributed by atoms with E-state index in [4.69, 9.17) is 23.1 Å². The van der Waals surface area contributed by atoms with Crippen LogP contribution in [0.25, 0.3) is 0 Å². The van der Waals surface area contributed by atoms with Crippen LogP contribution < -0.4 is 15.8 Å². The molecule has 1 unspecified atom stereocenters. The number of nitrogens with two attached hydrogens (primary N) is 2. The second-order valence-corrected chi connectivity index (χ2v) is 6.27. The van der Waals surface area contributed by atoms with Crippen molar-refractivity contribution in [2.45, 2.75) is 6.42 Å². The van der Waals surface area contributed by atoms with Crippen molar-refractivity contribution >= 4 is 40.0 Å². The number of primary sulfonamides is 1. The molecule has 1 saturated heterocycles. The van der Waals surface area contributed by atoms with Crippen molar-refractivity contribution in [2.75, 3.05) is 22.9 Å². The maximum atomic E-state index is 11.8. The number of aromatic amines is 1. The first-order valence-electron chi connectivity index (χ1n) is 5.29. The first-order valence-corrected chi connectivity index (χ1v) is 7.41. The summed E-state index contributed by atoms with van der Waals surface area (Å²) in [6.07, 6.45) is 0.0843. The number of nitrogen functional groups attached to an aromatic ring is 1. The van der Waals surface area contributed by atoms with Crippen molar-refractivity contribution in [3.8, 4) is 0 Å². The van der Waals surface area contributed by atoms with Gasteiger partial charge in [-0.25, -0.2) is 13.6 Å². The van der Waals surface area contributed by atoms with Crippen molar-refractivity contribution in [1.29, 1.82) is 0 Å². The molecule has 2 heterocycles. The van der Waals surface area contributed by atoms with Crippen LogP contribution >= 0.6 is 12.2 Å². The SMILES string of the molecule is Nc1nc(=S)nc(N2CC(CS(N)(=O)=O)CC2=O)[nH]1. The highest BCUT2D eigenvalue weighted by molar-refractivity contribution is 7.89. The van der Waals surface area contributed by atoms with Gasteiger partial charge >= 0.3 is 0 Å². The molecule has 1 aromatic heterocycles. The summed E-state index contributed by atoms with van der Waals surface area (Å²) < 4.78 is 22.1. The number of anilines is 2. The molecule has 1 aliphatic heterocycles. The Morgan fingerprint density at radius 3 is 2.74 bits per heavy atom. The number of rotatable bonds is 3. The van der Waals surface area contributed by atoms with Crippen LogP contribution in [0.3, 0.4) is 0 Å². The molecule has 0 bridgehead atoms. The monoisotopic (exact) mass is 304 g/mol. The van der Waals surface area contributed by atoms with Crippen LogP contribution in [-0.4, -0.2) is 41.6 Å². The van der Waals surface area contributed by atoms with Crippen molar-refractivity contribution in [1.82, 2.24) is 15.0 Å². The summed E-state index contributed by atoms with van der Waals surface area (Å²) in [6, 6.07) is 0. The number of H-pyrrole nitrogens is 1. The Hall–Kier alpha value is -1.59. The number of carbonyl (C=O) groups excluding carboxylic acids is 1. The molecule has 0 aromatic carbocycles. The number of sulfonamides is 1. The van der Waals surface area contributed by atoms with Crippen LogP contribution in [0.1, 0.15) is 6.42 Å². The Kier molecular flexibility index (Phi) is 3.52. The number of hydrogen-bond donors (Lipinski definition) is 3. The summed E-state index contributed by atoms with van der Waals surface area (Å²) >= 11 is 4.80. The van der Waals surface area contributed by atoms with E-state index in [-0.39, 0.29) is 47.2 Å². The summed E-state index contributed by atoms with van der Waals surface area (Å²) in [7, 11) is -3.62. The molecule has 11 heteroatoms. The standard InChI is InChI=1S/C8H12N6O3S2/c9-6-11-7(13-8(18)12-6)14-2-4(1-5(14)15)3-19(10,16)17/h4H,1-3H2,(H2,10,16,17)(H3,9,11,12,13,18). The number of amides is 1. The quantitative estimate of drug-likeness (QED) is 0.591. The molecule has 1 aliphatic rings. The number of carbonyl (C=O) groups is 1. The molecule has 1 atom stereocenters. The highest BCUT2D eigenvalue weighted by Crippen LogP contribution is 2.22. The van der Waals surface area contributed by atoms with Crippen LogP contribution in [0.2, 0.25) is 0 Å². The zero-order chi connectivity index (χ0) is 14.2. The highest BCUT2D eigenvalue weighted by Gasteiger charge is 2.34. The summed E-state index contributed by atoms with van der Waals surface area (Å²) in [5, 5.41) is 4.97. The molecule has 1 fully saturated rings. The molecule has 5 N–H and O–H groups in total. The predicted molar refractivity (Wildman–Crippen MR) is 70.1 cm³/mol. The molecular weight excluding hydrogens is 292 g/mol. The van der Waals surface area contributed by atoms with Gasteiger partial charge in [-0.15, -0.1) is 0 Å². The zero-order valence-corrected chi connectivity index (χ0v) is 11.4. The van der Waals surface area contributed by atoms with Gasteiger partial charge in [-0.3, -0.25) is 14.7 Å². The molecule has 1 aromatic rings. The maximum absolute atomic E-state index is 11.8. The van der Waals surface area contributed by atoms with E-state index in [0.29, 0.717) is 0 Å². The third-order valence-corrected chi connectivity index (χ3v) is 3.70. The Balaban J connectivity index is 2.22. The van der Waals surface area contributed by atoms with Crippen molar-refractivity contribution in [3.05, 3.63) is 4.77 Å². The molecule has 0 saturated carbocycles. The predicted octanol–water partition coefficient (Wildman–Crippen LogP) is -1.24. The van der Waals surface area contributed by atoms with E-state index in [1.54, 1.807) is 0 Å². The molecule has 0 spiro atoms. The first kappa shape index (κ1) is 13.8. The number of nitrogens with zero attached hydrogens (tertiary/aromatic N) is 3. The van der Waals surface area contributed by atoms with Gasteiger partial charge in [-0.05, 0) is 12.2 Å². The van der Waals surface area contributed by atoms with Gasteiger partial charge < -0.3 is 5.73 Å². The molecule has 19 heavy (non-hydrogen) atoms. The van der Waals surface area contributed by atoms with Crippen LogP contribution in [0, 0.1) is 10.7 Å². The van der Waals surface area contributed by atoms with E-state index in [9.17, 15) is 13.2 Å². The molecule has 2 rings (SSSR count). The Labute approximate surface area is 114 Å². The van der Waals surface area contributed by atoms with Gasteiger partial charge in [0.2, 0.25) is 32.6 Å². The molecular formula is C8H12N6O3S2. The van der Waals surface area contributed by atoms with Gasteiger partial charge in [0.25, 0.3) is 0 Å². The topological polar surface area (TPSA) is 148 Å². The maximum Gasteiger partial charge on any atom is 0.229 e. The molecule has 0 radical (unpaired) electrons. The van der Waals surface area contributed by atoms with Crippen LogP contribution in [0.4, 0.5) is 11.9 Å². The zero-order valence-electron chi connectivity index (χ0n) is 9.74. The fourth-order valence-corrected chi connectivity index (χ4v) is 3.01. The van der Waals surface area contributed by atoms with Crippen LogP contribution in [0.15, 0.2) is 0 Å². The van der Waals surface area contributed by atoms with Gasteiger partial charge in [0.1, 0.15) is 0 Å². The lowest BCUT2D eigenvalue weighted by Gasteiger charge is -2.14. The van der Waals surface area contributed by atoms with Crippen molar-refractivity contribution < 1.29 is 13.2 Å². The Morgan fingerprint density at radius 2 is 2.16 bits per heavy atom. The largest absolute Gasteiger partial charge is 0.369 e. The highest BCUT2D eigenvalue weighted by atomic mass is 32.2. The van der Waals surface area contributed by atoms with Gasteiger partial charge in [0.15, 0.2) is 0 Å². The number of aromatic nitrogens is 3. The lowest BCUT2D eigenvalue weighted by Crippen LogP contribution is -2.29. The van der Waals surface area contributed by atoms with Crippen molar-refractivity contribution in [3.63, 3.8) is 0 Å². The van der Waals surface area contributed by atoms with E-state index in [0.717, 1.165) is 0 Å². The number of hydrogen-bond acceptors (Lipinski definition) is 7. The summed E-state index contributed by atoms with van der Waals surface area (Å²) in [4.78, 5) is 23.3. The van der Waals surface area contributed by atoms with Gasteiger partial charge in [-0.1, -0.05) is 0 Å². The second-order valence-electron chi connectivity index (χ2n) is 4.24. The van der Waals surface area contributed by atoms with Crippen molar-refractivity contribution in [2.24, 2.45) is 11.1 Å². The summed E-state index contributed by atoms with van der Waals surface area (Å²) in [6.45, 7) is 0.191. The minimum absolute atomic E-state index is 0.00828. The lowest BCUT2D eigenvalue weighted by atomic mass is 10.1. The third kappa shape index (κ3) is 3.45. The average molecular weight is 304 g/mol. The fourth-order valence-electron chi connectivity index (χ4n) is 1.94. The van der Waals surface area contributed by atoms with E-state index in [2.05, 4.69) is 15.0 Å². The van der Waals surface area contributed by atoms with Crippen LogP contribution in [0.5, 0.6) is 0 Å². The molecule has 104 valence electrons. The molecule has 1 amide bonds. The average Bonchev–Trinajstić information content (AvgIpc) is 2.54. The molecule has 0 aliphatic carbocycles. The van der Waals surface area contributed by atoms with Gasteiger partial charge in [0, 0.05) is 18.9 Å². The van der Waals surface area contributed by atoms with Crippen LogP contribution in [-0.2, 0) is 14.8 Å². The smallest absolute Gasteiger partial charge is 0.229 e. The van der Waals surface area contributed by atoms with E-state index in [1.807, 2.05) is 0 Å². The molecule has 9 nitrogen and oxygen atoms in total. The second kappa shape index (κ2) is 4.83. The van der Waals surface area contributed by atoms with E-state index < -0.39 is 10.0 Å². The third-order valence-electron chi connectivity index (χ3n) is 2.59. The first-order chi connectivity index (χ1) is 8.74. The Bertz CT molecular complexity index is 669. The minimum Gasteiger partial charge on any atom is -0.369 e. The van der Waals surface area contributed by atoms with Gasteiger partial charge in [-0.2, -0.15) is 9.97 Å². The Morgan fingerprint density at radius 1 is 1.47 bits per heavy atom. The summed E-state index contributed by atoms with van der Waals surface area (Å²) in [5.41, 5.74) is 5.48.